The van der Waals surface area contributed by atoms with Gasteiger partial charge in [-0.25, -0.2) is 4.79 Å². The van der Waals surface area contributed by atoms with Gasteiger partial charge in [0.25, 0.3) is 0 Å². The maximum atomic E-state index is 12.0. The van der Waals surface area contributed by atoms with Crippen molar-refractivity contribution in [1.29, 1.82) is 5.26 Å². The van der Waals surface area contributed by atoms with E-state index in [1.165, 1.54) is 17.9 Å². The first-order valence-electron chi connectivity index (χ1n) is 7.30. The number of anilines is 1. The molecule has 7 nitrogen and oxygen atoms in total. The number of aromatic nitrogens is 2. The second-order valence-electron chi connectivity index (χ2n) is 5.20. The van der Waals surface area contributed by atoms with Gasteiger partial charge in [-0.15, -0.1) is 0 Å². The third kappa shape index (κ3) is 2.77. The Labute approximate surface area is 143 Å². The zero-order valence-electron chi connectivity index (χ0n) is 13.3. The van der Waals surface area contributed by atoms with Gasteiger partial charge < -0.3 is 20.1 Å². The Hall–Kier alpha value is -3.79. The number of esters is 1. The molecule has 0 atom stereocenters. The van der Waals surface area contributed by atoms with E-state index in [2.05, 4.69) is 4.98 Å². The molecule has 7 heteroatoms. The zero-order valence-corrected chi connectivity index (χ0v) is 13.3. The monoisotopic (exact) mass is 334 g/mol. The number of rotatable bonds is 3. The summed E-state index contributed by atoms with van der Waals surface area (Å²) in [7, 11) is 1.25. The maximum absolute atomic E-state index is 12.0. The van der Waals surface area contributed by atoms with Crippen LogP contribution in [0.2, 0.25) is 0 Å². The number of methoxy groups -OCH3 is 1. The van der Waals surface area contributed by atoms with E-state index in [0.717, 1.165) is 0 Å². The number of ether oxygens (including phenoxy) is 1. The van der Waals surface area contributed by atoms with Crippen LogP contribution >= 0.6 is 0 Å². The van der Waals surface area contributed by atoms with Gasteiger partial charge in [0.2, 0.25) is 0 Å². The lowest BCUT2D eigenvalue weighted by atomic mass is 10.1. The van der Waals surface area contributed by atoms with Crippen LogP contribution in [0, 0.1) is 11.3 Å². The third-order valence-electron chi connectivity index (χ3n) is 3.75. The highest BCUT2D eigenvalue weighted by Crippen LogP contribution is 2.29. The molecule has 3 rings (SSSR count). The van der Waals surface area contributed by atoms with Gasteiger partial charge in [0.05, 0.1) is 18.4 Å². The van der Waals surface area contributed by atoms with Gasteiger partial charge in [-0.3, -0.25) is 4.98 Å². The molecule has 1 aromatic carbocycles. The Kier molecular flexibility index (Phi) is 4.10. The molecule has 0 saturated heterocycles. The molecule has 3 N–H and O–H groups in total. The topological polar surface area (TPSA) is 114 Å². The van der Waals surface area contributed by atoms with E-state index in [1.807, 2.05) is 6.07 Å². The van der Waals surface area contributed by atoms with E-state index in [0.29, 0.717) is 16.9 Å². The van der Waals surface area contributed by atoms with E-state index in [-0.39, 0.29) is 22.7 Å². The Balaban J connectivity index is 2.08. The molecule has 0 aliphatic carbocycles. The smallest absolute Gasteiger partial charge is 0.357 e. The number of carbonyl (C=O) groups is 1. The fraction of sp³-hybridized carbons (Fsp3) is 0.0556. The van der Waals surface area contributed by atoms with Crippen LogP contribution in [0.1, 0.15) is 16.1 Å². The van der Waals surface area contributed by atoms with Gasteiger partial charge in [0, 0.05) is 23.6 Å². The lowest BCUT2D eigenvalue weighted by molar-refractivity contribution is 0.0593. The van der Waals surface area contributed by atoms with Crippen LogP contribution in [-0.2, 0) is 4.74 Å². The minimum atomic E-state index is -0.634. The highest BCUT2D eigenvalue weighted by atomic mass is 16.5. The largest absolute Gasteiger partial charge is 0.506 e. The molecular formula is C18H14N4O3. The normalized spacial score (nSPS) is 10.2. The average molecular weight is 334 g/mol. The summed E-state index contributed by atoms with van der Waals surface area (Å²) in [5.41, 5.74) is 8.01. The quantitative estimate of drug-likeness (QED) is 0.711. The fourth-order valence-corrected chi connectivity index (χ4v) is 2.52. The van der Waals surface area contributed by atoms with Crippen molar-refractivity contribution in [3.05, 3.63) is 60.0 Å². The van der Waals surface area contributed by atoms with E-state index >= 15 is 0 Å². The number of carbonyl (C=O) groups excluding carboxylic acids is 1. The molecule has 3 aromatic rings. The molecule has 124 valence electrons. The van der Waals surface area contributed by atoms with Gasteiger partial charge in [-0.2, -0.15) is 5.26 Å². The number of nitrogen functional groups attached to an aromatic ring is 1. The molecule has 0 aliphatic heterocycles. The number of hydrogen-bond donors (Lipinski definition) is 2. The van der Waals surface area contributed by atoms with Crippen LogP contribution in [0.15, 0.2) is 48.8 Å². The minimum absolute atomic E-state index is 0.0702. The molecule has 0 bridgehead atoms. The fourth-order valence-electron chi connectivity index (χ4n) is 2.52. The molecule has 2 heterocycles. The van der Waals surface area contributed by atoms with Crippen LogP contribution < -0.4 is 5.73 Å². The SMILES string of the molecule is COC(=O)c1c(N)c(C#N)cn1-c1ccc(-c2ncccc2O)cc1. The summed E-state index contributed by atoms with van der Waals surface area (Å²) < 4.78 is 6.26. The summed E-state index contributed by atoms with van der Waals surface area (Å²) in [5.74, 6) is -0.562. The predicted molar refractivity (Wildman–Crippen MR) is 91.1 cm³/mol. The molecule has 0 saturated carbocycles. The molecule has 0 radical (unpaired) electrons. The number of nitriles is 1. The van der Waals surface area contributed by atoms with E-state index in [9.17, 15) is 9.90 Å². The summed E-state index contributed by atoms with van der Waals surface area (Å²) in [6, 6.07) is 12.1. The number of aromatic hydroxyl groups is 1. The van der Waals surface area contributed by atoms with E-state index in [4.69, 9.17) is 15.7 Å². The van der Waals surface area contributed by atoms with Crippen LogP contribution in [0.4, 0.5) is 5.69 Å². The second-order valence-corrected chi connectivity index (χ2v) is 5.20. The second kappa shape index (κ2) is 6.37. The number of hydrogen-bond acceptors (Lipinski definition) is 6. The van der Waals surface area contributed by atoms with Crippen LogP contribution in [0.3, 0.4) is 0 Å². The predicted octanol–water partition coefficient (Wildman–Crippen LogP) is 2.49. The molecule has 25 heavy (non-hydrogen) atoms. The van der Waals surface area contributed by atoms with Crippen LogP contribution in [0.25, 0.3) is 16.9 Å². The third-order valence-corrected chi connectivity index (χ3v) is 3.75. The number of benzene rings is 1. The molecule has 0 amide bonds. The van der Waals surface area contributed by atoms with Crippen molar-refractivity contribution in [2.24, 2.45) is 0 Å². The first kappa shape index (κ1) is 16.1. The lowest BCUT2D eigenvalue weighted by Gasteiger charge is -2.09. The lowest BCUT2D eigenvalue weighted by Crippen LogP contribution is -2.11. The van der Waals surface area contributed by atoms with Crippen LogP contribution in [-0.4, -0.2) is 27.7 Å². The van der Waals surface area contributed by atoms with Gasteiger partial charge in [0.1, 0.15) is 17.5 Å². The summed E-state index contributed by atoms with van der Waals surface area (Å²) >= 11 is 0. The molecule has 0 spiro atoms. The van der Waals surface area contributed by atoms with Crippen molar-refractivity contribution >= 4 is 11.7 Å². The Morgan fingerprint density at radius 2 is 2.04 bits per heavy atom. The van der Waals surface area contributed by atoms with Crippen molar-refractivity contribution in [3.8, 4) is 28.8 Å². The molecule has 0 fully saturated rings. The van der Waals surface area contributed by atoms with Crippen molar-refractivity contribution < 1.29 is 14.6 Å². The number of nitrogens with two attached hydrogens (primary N) is 1. The Bertz CT molecular complexity index is 985. The first-order chi connectivity index (χ1) is 12.1. The van der Waals surface area contributed by atoms with E-state index < -0.39 is 5.97 Å². The Morgan fingerprint density at radius 3 is 2.64 bits per heavy atom. The van der Waals surface area contributed by atoms with Crippen molar-refractivity contribution in [2.75, 3.05) is 12.8 Å². The van der Waals surface area contributed by atoms with Crippen molar-refractivity contribution in [3.63, 3.8) is 0 Å². The van der Waals surface area contributed by atoms with Crippen molar-refractivity contribution in [1.82, 2.24) is 9.55 Å². The number of nitrogens with zero attached hydrogens (tertiary/aromatic N) is 3. The van der Waals surface area contributed by atoms with Crippen molar-refractivity contribution in [2.45, 2.75) is 0 Å². The van der Waals surface area contributed by atoms with Gasteiger partial charge in [-0.1, -0.05) is 12.1 Å². The number of pyridine rings is 1. The first-order valence-corrected chi connectivity index (χ1v) is 7.30. The van der Waals surface area contributed by atoms with Gasteiger partial charge >= 0.3 is 5.97 Å². The van der Waals surface area contributed by atoms with E-state index in [1.54, 1.807) is 42.6 Å². The minimum Gasteiger partial charge on any atom is -0.506 e. The average Bonchev–Trinajstić information content (AvgIpc) is 2.98. The summed E-state index contributed by atoms with van der Waals surface area (Å²) in [6.45, 7) is 0. The molecule has 0 unspecified atom stereocenters. The standard InChI is InChI=1S/C18H14N4O3/c1-25-18(24)17-15(20)12(9-19)10-22(17)13-6-4-11(5-7-13)16-14(23)3-2-8-21-16/h2-8,10,23H,20H2,1H3. The molecule has 2 aromatic heterocycles. The highest BCUT2D eigenvalue weighted by Gasteiger charge is 2.21. The molecular weight excluding hydrogens is 320 g/mol. The maximum Gasteiger partial charge on any atom is 0.357 e. The summed E-state index contributed by atoms with van der Waals surface area (Å²) in [5, 5.41) is 19.0. The van der Waals surface area contributed by atoms with Gasteiger partial charge in [-0.05, 0) is 24.3 Å². The summed E-state index contributed by atoms with van der Waals surface area (Å²) in [4.78, 5) is 16.2. The Morgan fingerprint density at radius 1 is 1.32 bits per heavy atom. The van der Waals surface area contributed by atoms with Gasteiger partial charge in [0.15, 0.2) is 5.69 Å². The van der Waals surface area contributed by atoms with Crippen LogP contribution in [0.5, 0.6) is 5.75 Å². The molecule has 0 aliphatic rings. The summed E-state index contributed by atoms with van der Waals surface area (Å²) in [6.07, 6.45) is 3.07. The highest BCUT2D eigenvalue weighted by molar-refractivity contribution is 5.96. The zero-order chi connectivity index (χ0) is 18.0.